The number of hydrogen-bond donors (Lipinski definition) is 2. The van der Waals surface area contributed by atoms with Crippen LogP contribution in [0.1, 0.15) is 18.9 Å². The van der Waals surface area contributed by atoms with Gasteiger partial charge in [0.25, 0.3) is 0 Å². The molecular formula is C15H19FN2O3. The number of carbonyl (C=O) groups excluding carboxylic acids is 1. The number of carboxylic acids is 1. The first-order chi connectivity index (χ1) is 9.95. The van der Waals surface area contributed by atoms with Gasteiger partial charge in [0, 0.05) is 19.6 Å². The fraction of sp³-hybridized carbons (Fsp3) is 0.467. The summed E-state index contributed by atoms with van der Waals surface area (Å²) < 4.78 is 12.8. The van der Waals surface area contributed by atoms with E-state index in [4.69, 9.17) is 5.11 Å². The average molecular weight is 294 g/mol. The van der Waals surface area contributed by atoms with Crippen molar-refractivity contribution in [3.8, 4) is 0 Å². The summed E-state index contributed by atoms with van der Waals surface area (Å²) in [6, 6.07) is 5.61. The van der Waals surface area contributed by atoms with E-state index in [2.05, 4.69) is 5.32 Å². The molecule has 0 aliphatic carbocycles. The summed E-state index contributed by atoms with van der Waals surface area (Å²) >= 11 is 0. The highest BCUT2D eigenvalue weighted by Gasteiger charge is 2.31. The van der Waals surface area contributed by atoms with E-state index in [0.29, 0.717) is 19.5 Å². The molecule has 1 aliphatic heterocycles. The Hall–Kier alpha value is -2.11. The van der Waals surface area contributed by atoms with Crippen LogP contribution < -0.4 is 5.32 Å². The Morgan fingerprint density at radius 3 is 2.62 bits per heavy atom. The molecule has 0 spiro atoms. The third-order valence-corrected chi connectivity index (χ3v) is 3.65. The van der Waals surface area contributed by atoms with Gasteiger partial charge in [-0.15, -0.1) is 0 Å². The smallest absolute Gasteiger partial charge is 0.317 e. The zero-order valence-corrected chi connectivity index (χ0v) is 11.9. The average Bonchev–Trinajstić information content (AvgIpc) is 2.45. The summed E-state index contributed by atoms with van der Waals surface area (Å²) in [6.45, 7) is 3.02. The van der Waals surface area contributed by atoms with Gasteiger partial charge < -0.3 is 15.3 Å². The maximum absolute atomic E-state index is 12.8. The first-order valence-electron chi connectivity index (χ1n) is 6.95. The Labute approximate surface area is 122 Å². The van der Waals surface area contributed by atoms with E-state index in [0.717, 1.165) is 5.56 Å². The molecule has 2 unspecified atom stereocenters. The number of halogens is 1. The Bertz CT molecular complexity index is 518. The third-order valence-electron chi connectivity index (χ3n) is 3.65. The fourth-order valence-electron chi connectivity index (χ4n) is 2.59. The standard InChI is InChI=1S/C15H19FN2O3/c1-10-6-12(14(19)20)9-18(8-10)15(21)17-7-11-2-4-13(16)5-3-11/h2-5,10,12H,6-9H2,1H3,(H,17,21)(H,19,20). The van der Waals surface area contributed by atoms with Crippen molar-refractivity contribution in [3.63, 3.8) is 0 Å². The van der Waals surface area contributed by atoms with Gasteiger partial charge >= 0.3 is 12.0 Å². The number of nitrogens with one attached hydrogen (secondary N) is 1. The molecule has 2 N–H and O–H groups in total. The number of rotatable bonds is 3. The van der Waals surface area contributed by atoms with Crippen LogP contribution in [0.15, 0.2) is 24.3 Å². The minimum absolute atomic E-state index is 0.163. The van der Waals surface area contributed by atoms with Gasteiger partial charge in [-0.2, -0.15) is 0 Å². The van der Waals surface area contributed by atoms with Gasteiger partial charge in [0.1, 0.15) is 5.82 Å². The Balaban J connectivity index is 1.90. The van der Waals surface area contributed by atoms with Gasteiger partial charge in [-0.05, 0) is 30.0 Å². The summed E-state index contributed by atoms with van der Waals surface area (Å²) in [7, 11) is 0. The fourth-order valence-corrected chi connectivity index (χ4v) is 2.59. The predicted octanol–water partition coefficient (Wildman–Crippen LogP) is 2.08. The van der Waals surface area contributed by atoms with Crippen LogP contribution in [0.25, 0.3) is 0 Å². The molecule has 1 aromatic rings. The van der Waals surface area contributed by atoms with Crippen LogP contribution in [0.5, 0.6) is 0 Å². The SMILES string of the molecule is CC1CC(C(=O)O)CN(C(=O)NCc2ccc(F)cc2)C1. The Morgan fingerprint density at radius 1 is 1.33 bits per heavy atom. The summed E-state index contributed by atoms with van der Waals surface area (Å²) in [6.07, 6.45) is 0.594. The number of likely N-dealkylation sites (tertiary alicyclic amines) is 1. The van der Waals surface area contributed by atoms with Gasteiger partial charge in [0.15, 0.2) is 0 Å². The van der Waals surface area contributed by atoms with Gasteiger partial charge in [0.05, 0.1) is 5.92 Å². The highest BCUT2D eigenvalue weighted by atomic mass is 19.1. The molecule has 6 heteroatoms. The lowest BCUT2D eigenvalue weighted by molar-refractivity contribution is -0.143. The first-order valence-corrected chi connectivity index (χ1v) is 6.95. The molecule has 0 saturated carbocycles. The molecule has 2 rings (SSSR count). The van der Waals surface area contributed by atoms with Gasteiger partial charge in [0.2, 0.25) is 0 Å². The largest absolute Gasteiger partial charge is 0.481 e. The lowest BCUT2D eigenvalue weighted by Crippen LogP contribution is -2.49. The molecule has 0 bridgehead atoms. The molecule has 0 aromatic heterocycles. The van der Waals surface area contributed by atoms with Crippen LogP contribution in [0.4, 0.5) is 9.18 Å². The van der Waals surface area contributed by atoms with Crippen molar-refractivity contribution >= 4 is 12.0 Å². The van der Waals surface area contributed by atoms with Gasteiger partial charge in [-0.1, -0.05) is 19.1 Å². The normalized spacial score (nSPS) is 21.9. The maximum atomic E-state index is 12.8. The summed E-state index contributed by atoms with van der Waals surface area (Å²) in [5, 5.41) is 11.8. The van der Waals surface area contributed by atoms with Crippen LogP contribution >= 0.6 is 0 Å². The highest BCUT2D eigenvalue weighted by molar-refractivity contribution is 5.76. The summed E-state index contributed by atoms with van der Waals surface area (Å²) in [5.41, 5.74) is 0.796. The molecule has 2 amide bonds. The number of carboxylic acid groups (broad SMARTS) is 1. The molecule has 1 aromatic carbocycles. The molecule has 1 fully saturated rings. The molecule has 2 atom stereocenters. The van der Waals surface area contributed by atoms with Crippen molar-refractivity contribution in [3.05, 3.63) is 35.6 Å². The topological polar surface area (TPSA) is 69.6 Å². The number of benzene rings is 1. The van der Waals surface area contributed by atoms with Crippen LogP contribution in [-0.2, 0) is 11.3 Å². The molecule has 5 nitrogen and oxygen atoms in total. The first kappa shape index (κ1) is 15.3. The molecule has 1 heterocycles. The molecule has 21 heavy (non-hydrogen) atoms. The number of hydrogen-bond acceptors (Lipinski definition) is 2. The number of nitrogens with zero attached hydrogens (tertiary/aromatic N) is 1. The summed E-state index contributed by atoms with van der Waals surface area (Å²) in [4.78, 5) is 24.7. The number of piperidine rings is 1. The minimum atomic E-state index is -0.863. The van der Waals surface area contributed by atoms with Crippen LogP contribution in [-0.4, -0.2) is 35.1 Å². The number of urea groups is 1. The van der Waals surface area contributed by atoms with Crippen molar-refractivity contribution in [1.82, 2.24) is 10.2 Å². The van der Waals surface area contributed by atoms with E-state index < -0.39 is 11.9 Å². The second-order valence-corrected chi connectivity index (χ2v) is 5.57. The lowest BCUT2D eigenvalue weighted by Gasteiger charge is -2.34. The van der Waals surface area contributed by atoms with Crippen molar-refractivity contribution in [2.24, 2.45) is 11.8 Å². The van der Waals surface area contributed by atoms with E-state index in [-0.39, 0.29) is 24.3 Å². The Morgan fingerprint density at radius 2 is 2.00 bits per heavy atom. The lowest BCUT2D eigenvalue weighted by atomic mass is 9.91. The third kappa shape index (κ3) is 4.18. The van der Waals surface area contributed by atoms with Crippen molar-refractivity contribution < 1.29 is 19.1 Å². The van der Waals surface area contributed by atoms with E-state index in [1.165, 1.54) is 17.0 Å². The second-order valence-electron chi connectivity index (χ2n) is 5.57. The highest BCUT2D eigenvalue weighted by Crippen LogP contribution is 2.21. The van der Waals surface area contributed by atoms with Gasteiger partial charge in [-0.3, -0.25) is 4.79 Å². The van der Waals surface area contributed by atoms with Crippen LogP contribution in [0.2, 0.25) is 0 Å². The molecule has 1 saturated heterocycles. The predicted molar refractivity (Wildman–Crippen MR) is 75.1 cm³/mol. The van der Waals surface area contributed by atoms with Gasteiger partial charge in [-0.25, -0.2) is 9.18 Å². The van der Waals surface area contributed by atoms with Crippen molar-refractivity contribution in [2.75, 3.05) is 13.1 Å². The van der Waals surface area contributed by atoms with E-state index in [1.807, 2.05) is 6.92 Å². The number of aliphatic carboxylic acids is 1. The minimum Gasteiger partial charge on any atom is -0.481 e. The second kappa shape index (κ2) is 6.56. The maximum Gasteiger partial charge on any atom is 0.317 e. The zero-order chi connectivity index (χ0) is 15.4. The van der Waals surface area contributed by atoms with Crippen LogP contribution in [0.3, 0.4) is 0 Å². The number of amides is 2. The monoisotopic (exact) mass is 294 g/mol. The number of carbonyl (C=O) groups is 2. The zero-order valence-electron chi connectivity index (χ0n) is 11.9. The van der Waals surface area contributed by atoms with E-state index >= 15 is 0 Å². The summed E-state index contributed by atoms with van der Waals surface area (Å²) in [5.74, 6) is -1.53. The molecule has 114 valence electrons. The van der Waals surface area contributed by atoms with Crippen molar-refractivity contribution in [2.45, 2.75) is 19.9 Å². The quantitative estimate of drug-likeness (QED) is 0.896. The molecular weight excluding hydrogens is 275 g/mol. The Kier molecular flexibility index (Phi) is 4.77. The van der Waals surface area contributed by atoms with E-state index in [9.17, 15) is 14.0 Å². The molecule has 0 radical (unpaired) electrons. The van der Waals surface area contributed by atoms with Crippen LogP contribution in [0, 0.1) is 17.7 Å². The van der Waals surface area contributed by atoms with Crippen molar-refractivity contribution in [1.29, 1.82) is 0 Å². The van der Waals surface area contributed by atoms with E-state index in [1.54, 1.807) is 12.1 Å². The molecule has 1 aliphatic rings.